The molecule has 4 heteroatoms. The molecule has 0 fully saturated rings. The van der Waals surface area contributed by atoms with Crippen LogP contribution in [0.15, 0.2) is 42.5 Å². The van der Waals surface area contributed by atoms with Crippen LogP contribution in [0.5, 0.6) is 11.5 Å². The molecule has 0 unspecified atom stereocenters. The van der Waals surface area contributed by atoms with Gasteiger partial charge in [0.25, 0.3) is 0 Å². The van der Waals surface area contributed by atoms with Crippen molar-refractivity contribution in [1.82, 2.24) is 0 Å². The van der Waals surface area contributed by atoms with Crippen molar-refractivity contribution in [3.8, 4) is 11.5 Å². The Morgan fingerprint density at radius 1 is 1.08 bits per heavy atom. The number of benzene rings is 2. The van der Waals surface area contributed by atoms with Gasteiger partial charge in [-0.25, -0.2) is 0 Å². The SMILES string of the molecule is CC[C@@H](C)c1ccccc1NC(=O)Cc1ccc(OC)c(OC)c1. The number of amides is 1. The van der Waals surface area contributed by atoms with E-state index in [0.29, 0.717) is 17.4 Å². The molecule has 0 spiro atoms. The van der Waals surface area contributed by atoms with Gasteiger partial charge in [0.15, 0.2) is 11.5 Å². The van der Waals surface area contributed by atoms with Gasteiger partial charge in [-0.05, 0) is 41.7 Å². The van der Waals surface area contributed by atoms with Crippen molar-refractivity contribution in [2.75, 3.05) is 19.5 Å². The molecule has 0 bridgehead atoms. The lowest BCUT2D eigenvalue weighted by Crippen LogP contribution is -2.16. The van der Waals surface area contributed by atoms with E-state index in [1.165, 1.54) is 5.56 Å². The maximum Gasteiger partial charge on any atom is 0.228 e. The van der Waals surface area contributed by atoms with Gasteiger partial charge in [-0.15, -0.1) is 0 Å². The van der Waals surface area contributed by atoms with Crippen molar-refractivity contribution >= 4 is 11.6 Å². The number of rotatable bonds is 7. The fourth-order valence-corrected chi connectivity index (χ4v) is 2.63. The van der Waals surface area contributed by atoms with Crippen LogP contribution in [0.2, 0.25) is 0 Å². The third kappa shape index (κ3) is 4.28. The zero-order valence-electron chi connectivity index (χ0n) is 14.8. The molecule has 1 atom stereocenters. The summed E-state index contributed by atoms with van der Waals surface area (Å²) in [7, 11) is 3.18. The number of hydrogen-bond acceptors (Lipinski definition) is 3. The highest BCUT2D eigenvalue weighted by Gasteiger charge is 2.12. The molecule has 4 nitrogen and oxygen atoms in total. The van der Waals surface area contributed by atoms with Crippen molar-refractivity contribution in [3.05, 3.63) is 53.6 Å². The molecule has 2 aromatic carbocycles. The first-order chi connectivity index (χ1) is 11.6. The molecule has 128 valence electrons. The Bertz CT molecular complexity index is 697. The molecule has 0 saturated heterocycles. The number of anilines is 1. The van der Waals surface area contributed by atoms with Crippen LogP contribution in [0.3, 0.4) is 0 Å². The molecule has 2 aromatic rings. The van der Waals surface area contributed by atoms with E-state index in [2.05, 4.69) is 25.2 Å². The van der Waals surface area contributed by atoms with Crippen LogP contribution in [0.1, 0.15) is 37.3 Å². The van der Waals surface area contributed by atoms with Crippen molar-refractivity contribution in [2.45, 2.75) is 32.6 Å². The van der Waals surface area contributed by atoms with Crippen molar-refractivity contribution in [2.24, 2.45) is 0 Å². The average molecular weight is 327 g/mol. The molecule has 24 heavy (non-hydrogen) atoms. The van der Waals surface area contributed by atoms with Gasteiger partial charge in [-0.2, -0.15) is 0 Å². The summed E-state index contributed by atoms with van der Waals surface area (Å²) in [5.74, 6) is 1.65. The van der Waals surface area contributed by atoms with Crippen LogP contribution < -0.4 is 14.8 Å². The highest BCUT2D eigenvalue weighted by atomic mass is 16.5. The Kier molecular flexibility index (Phi) is 6.24. The predicted molar refractivity (Wildman–Crippen MR) is 97.0 cm³/mol. The highest BCUT2D eigenvalue weighted by molar-refractivity contribution is 5.93. The van der Waals surface area contributed by atoms with Crippen molar-refractivity contribution in [1.29, 1.82) is 0 Å². The molecule has 2 rings (SSSR count). The number of ether oxygens (including phenoxy) is 2. The average Bonchev–Trinajstić information content (AvgIpc) is 2.61. The maximum atomic E-state index is 12.4. The Morgan fingerprint density at radius 3 is 2.46 bits per heavy atom. The normalized spacial score (nSPS) is 11.7. The Morgan fingerprint density at radius 2 is 1.79 bits per heavy atom. The van der Waals surface area contributed by atoms with Gasteiger partial charge in [0, 0.05) is 5.69 Å². The van der Waals surface area contributed by atoms with E-state index < -0.39 is 0 Å². The van der Waals surface area contributed by atoms with Gasteiger partial charge < -0.3 is 14.8 Å². The first kappa shape index (κ1) is 17.9. The molecule has 1 amide bonds. The van der Waals surface area contributed by atoms with Crippen LogP contribution in [-0.2, 0) is 11.2 Å². The Balaban J connectivity index is 2.12. The van der Waals surface area contributed by atoms with E-state index in [1.807, 2.05) is 36.4 Å². The summed E-state index contributed by atoms with van der Waals surface area (Å²) < 4.78 is 10.5. The third-order valence-corrected chi connectivity index (χ3v) is 4.19. The summed E-state index contributed by atoms with van der Waals surface area (Å²) in [4.78, 5) is 12.4. The Hall–Kier alpha value is -2.49. The standard InChI is InChI=1S/C20H25NO3/c1-5-14(2)16-8-6-7-9-17(16)21-20(22)13-15-10-11-18(23-3)19(12-15)24-4/h6-12,14H,5,13H2,1-4H3,(H,21,22)/t14-/m1/s1. The zero-order valence-corrected chi connectivity index (χ0v) is 14.8. The summed E-state index contributed by atoms with van der Waals surface area (Å²) in [6, 6.07) is 13.5. The van der Waals surface area contributed by atoms with E-state index in [-0.39, 0.29) is 12.3 Å². The van der Waals surface area contributed by atoms with Gasteiger partial charge in [-0.3, -0.25) is 4.79 Å². The van der Waals surface area contributed by atoms with E-state index in [0.717, 1.165) is 17.7 Å². The van der Waals surface area contributed by atoms with Gasteiger partial charge in [0.2, 0.25) is 5.91 Å². The summed E-state index contributed by atoms with van der Waals surface area (Å²) in [5.41, 5.74) is 2.93. The second-order valence-electron chi connectivity index (χ2n) is 5.81. The maximum absolute atomic E-state index is 12.4. The van der Waals surface area contributed by atoms with Crippen molar-refractivity contribution in [3.63, 3.8) is 0 Å². The lowest BCUT2D eigenvalue weighted by molar-refractivity contribution is -0.115. The summed E-state index contributed by atoms with van der Waals surface area (Å²) in [6.45, 7) is 4.31. The molecule has 1 N–H and O–H groups in total. The number of carbonyl (C=O) groups is 1. The van der Waals surface area contributed by atoms with E-state index in [4.69, 9.17) is 9.47 Å². The number of nitrogens with one attached hydrogen (secondary N) is 1. The van der Waals surface area contributed by atoms with Gasteiger partial charge in [-0.1, -0.05) is 38.1 Å². The zero-order chi connectivity index (χ0) is 17.5. The fraction of sp³-hybridized carbons (Fsp3) is 0.350. The molecule has 0 aliphatic carbocycles. The second-order valence-corrected chi connectivity index (χ2v) is 5.81. The molecule has 0 aromatic heterocycles. The Labute approximate surface area is 143 Å². The summed E-state index contributed by atoms with van der Waals surface area (Å²) in [5, 5.41) is 3.03. The van der Waals surface area contributed by atoms with Crippen LogP contribution in [0.25, 0.3) is 0 Å². The molecular formula is C20H25NO3. The minimum atomic E-state index is -0.0435. The smallest absolute Gasteiger partial charge is 0.228 e. The minimum Gasteiger partial charge on any atom is -0.493 e. The lowest BCUT2D eigenvalue weighted by Gasteiger charge is -2.16. The van der Waals surface area contributed by atoms with Gasteiger partial charge in [0.1, 0.15) is 0 Å². The summed E-state index contributed by atoms with van der Waals surface area (Å²) >= 11 is 0. The van der Waals surface area contributed by atoms with Crippen LogP contribution >= 0.6 is 0 Å². The first-order valence-electron chi connectivity index (χ1n) is 8.18. The third-order valence-electron chi connectivity index (χ3n) is 4.19. The number of carbonyl (C=O) groups excluding carboxylic acids is 1. The molecule has 0 saturated carbocycles. The second kappa shape index (κ2) is 8.39. The highest BCUT2D eigenvalue weighted by Crippen LogP contribution is 2.29. The molecule has 0 heterocycles. The number of methoxy groups -OCH3 is 2. The summed E-state index contributed by atoms with van der Waals surface area (Å²) in [6.07, 6.45) is 1.32. The molecular weight excluding hydrogens is 302 g/mol. The van der Waals surface area contributed by atoms with Crippen molar-refractivity contribution < 1.29 is 14.3 Å². The van der Waals surface area contributed by atoms with Crippen LogP contribution in [-0.4, -0.2) is 20.1 Å². The topological polar surface area (TPSA) is 47.6 Å². The number of para-hydroxylation sites is 1. The minimum absolute atomic E-state index is 0.0435. The molecule has 0 radical (unpaired) electrons. The first-order valence-corrected chi connectivity index (χ1v) is 8.18. The van der Waals surface area contributed by atoms with Crippen LogP contribution in [0.4, 0.5) is 5.69 Å². The monoisotopic (exact) mass is 327 g/mol. The van der Waals surface area contributed by atoms with E-state index in [1.54, 1.807) is 14.2 Å². The van der Waals surface area contributed by atoms with E-state index >= 15 is 0 Å². The van der Waals surface area contributed by atoms with E-state index in [9.17, 15) is 4.79 Å². The molecule has 0 aliphatic rings. The quantitative estimate of drug-likeness (QED) is 0.820. The van der Waals surface area contributed by atoms with Crippen LogP contribution in [0, 0.1) is 0 Å². The number of hydrogen-bond donors (Lipinski definition) is 1. The molecule has 0 aliphatic heterocycles. The van der Waals surface area contributed by atoms with Gasteiger partial charge in [0.05, 0.1) is 20.6 Å². The predicted octanol–water partition coefficient (Wildman–Crippen LogP) is 4.40. The lowest BCUT2D eigenvalue weighted by atomic mass is 9.97. The largest absolute Gasteiger partial charge is 0.493 e. The fourth-order valence-electron chi connectivity index (χ4n) is 2.63. The van der Waals surface area contributed by atoms with Gasteiger partial charge >= 0.3 is 0 Å².